The monoisotopic (exact) mass is 346 g/mol. The van der Waals surface area contributed by atoms with Gasteiger partial charge in [-0.05, 0) is 58.6 Å². The van der Waals surface area contributed by atoms with E-state index in [1.165, 1.54) is 0 Å². The number of rotatable bonds is 2. The number of halogens is 1. The van der Waals surface area contributed by atoms with E-state index in [4.69, 9.17) is 10.5 Å². The lowest BCUT2D eigenvalue weighted by atomic mass is 10.0. The fourth-order valence-electron chi connectivity index (χ4n) is 2.32. The van der Waals surface area contributed by atoms with Gasteiger partial charge in [0.05, 0.1) is 10.2 Å². The molecule has 21 heavy (non-hydrogen) atoms. The zero-order chi connectivity index (χ0) is 15.0. The van der Waals surface area contributed by atoms with Gasteiger partial charge in [0.2, 0.25) is 5.91 Å². The SMILES string of the molecule is Cc1ccc(Oc2cc3c(cc2N)CCC(=O)N3)c(Br)c1. The molecule has 4 nitrogen and oxygen atoms in total. The van der Waals surface area contributed by atoms with Gasteiger partial charge in [-0.15, -0.1) is 0 Å². The van der Waals surface area contributed by atoms with Crippen molar-refractivity contribution in [2.45, 2.75) is 19.8 Å². The molecule has 3 rings (SSSR count). The van der Waals surface area contributed by atoms with Crippen LogP contribution in [0.15, 0.2) is 34.8 Å². The molecule has 0 bridgehead atoms. The summed E-state index contributed by atoms with van der Waals surface area (Å²) >= 11 is 3.48. The van der Waals surface area contributed by atoms with Crippen LogP contribution >= 0.6 is 15.9 Å². The average Bonchev–Trinajstić information content (AvgIpc) is 2.43. The second-order valence-corrected chi connectivity index (χ2v) is 5.99. The summed E-state index contributed by atoms with van der Waals surface area (Å²) in [5, 5.41) is 2.85. The molecule has 0 spiro atoms. The first-order valence-corrected chi connectivity index (χ1v) is 7.48. The van der Waals surface area contributed by atoms with Crippen molar-refractivity contribution < 1.29 is 9.53 Å². The summed E-state index contributed by atoms with van der Waals surface area (Å²) in [6.45, 7) is 2.01. The van der Waals surface area contributed by atoms with Crippen molar-refractivity contribution in [2.75, 3.05) is 11.1 Å². The van der Waals surface area contributed by atoms with E-state index in [9.17, 15) is 4.79 Å². The summed E-state index contributed by atoms with van der Waals surface area (Å²) in [5.41, 5.74) is 9.58. The van der Waals surface area contributed by atoms with Crippen LogP contribution in [0.25, 0.3) is 0 Å². The van der Waals surface area contributed by atoms with Gasteiger partial charge in [-0.3, -0.25) is 4.79 Å². The maximum absolute atomic E-state index is 11.5. The first-order valence-electron chi connectivity index (χ1n) is 6.69. The predicted molar refractivity (Wildman–Crippen MR) is 86.8 cm³/mol. The third-order valence-corrected chi connectivity index (χ3v) is 4.06. The summed E-state index contributed by atoms with van der Waals surface area (Å²) in [4.78, 5) is 11.5. The number of anilines is 2. The van der Waals surface area contributed by atoms with Gasteiger partial charge in [0.25, 0.3) is 0 Å². The summed E-state index contributed by atoms with van der Waals surface area (Å²) in [6, 6.07) is 9.49. The Morgan fingerprint density at radius 3 is 2.76 bits per heavy atom. The van der Waals surface area contributed by atoms with Crippen LogP contribution in [0.1, 0.15) is 17.5 Å². The number of aryl methyl sites for hydroxylation is 2. The van der Waals surface area contributed by atoms with Gasteiger partial charge in [-0.25, -0.2) is 0 Å². The minimum Gasteiger partial charge on any atom is -0.454 e. The Balaban J connectivity index is 1.95. The molecular weight excluding hydrogens is 332 g/mol. The van der Waals surface area contributed by atoms with E-state index in [2.05, 4.69) is 21.2 Å². The van der Waals surface area contributed by atoms with Crippen LogP contribution in [0.3, 0.4) is 0 Å². The molecule has 0 saturated carbocycles. The smallest absolute Gasteiger partial charge is 0.224 e. The van der Waals surface area contributed by atoms with Gasteiger partial charge in [0.1, 0.15) is 5.75 Å². The van der Waals surface area contributed by atoms with E-state index >= 15 is 0 Å². The molecule has 2 aromatic rings. The Hall–Kier alpha value is -2.01. The summed E-state index contributed by atoms with van der Waals surface area (Å²) in [6.07, 6.45) is 1.20. The number of benzene rings is 2. The number of nitrogens with one attached hydrogen (secondary N) is 1. The maximum Gasteiger partial charge on any atom is 0.224 e. The number of amides is 1. The highest BCUT2D eigenvalue weighted by Gasteiger charge is 2.17. The number of nitrogen functional groups attached to an aromatic ring is 1. The number of hydrogen-bond acceptors (Lipinski definition) is 3. The Morgan fingerprint density at radius 1 is 1.19 bits per heavy atom. The van der Waals surface area contributed by atoms with Crippen LogP contribution in [0, 0.1) is 6.92 Å². The van der Waals surface area contributed by atoms with Crippen LogP contribution in [0.5, 0.6) is 11.5 Å². The lowest BCUT2D eigenvalue weighted by Crippen LogP contribution is -2.19. The van der Waals surface area contributed by atoms with E-state index in [0.717, 1.165) is 21.3 Å². The van der Waals surface area contributed by atoms with Crippen molar-refractivity contribution in [1.82, 2.24) is 0 Å². The van der Waals surface area contributed by atoms with Gasteiger partial charge >= 0.3 is 0 Å². The van der Waals surface area contributed by atoms with E-state index in [1.807, 2.05) is 31.2 Å². The molecule has 108 valence electrons. The Kier molecular flexibility index (Phi) is 3.59. The van der Waals surface area contributed by atoms with E-state index < -0.39 is 0 Å². The predicted octanol–water partition coefficient (Wildman–Crippen LogP) is 4.02. The molecule has 0 atom stereocenters. The lowest BCUT2D eigenvalue weighted by Gasteiger charge is -2.19. The normalized spacial score (nSPS) is 13.5. The molecule has 1 amide bonds. The van der Waals surface area contributed by atoms with E-state index in [-0.39, 0.29) is 5.91 Å². The van der Waals surface area contributed by atoms with Crippen LogP contribution in [-0.2, 0) is 11.2 Å². The summed E-state index contributed by atoms with van der Waals surface area (Å²) in [5.74, 6) is 1.25. The number of carbonyl (C=O) groups is 1. The molecule has 0 saturated heterocycles. The minimum absolute atomic E-state index is 0.0229. The van der Waals surface area contributed by atoms with E-state index in [0.29, 0.717) is 30.0 Å². The molecule has 1 aliphatic heterocycles. The van der Waals surface area contributed by atoms with Gasteiger partial charge in [-0.2, -0.15) is 0 Å². The summed E-state index contributed by atoms with van der Waals surface area (Å²) < 4.78 is 6.74. The van der Waals surface area contributed by atoms with E-state index in [1.54, 1.807) is 6.07 Å². The second kappa shape index (κ2) is 5.41. The van der Waals surface area contributed by atoms with Gasteiger partial charge in [0.15, 0.2) is 5.75 Å². The molecule has 3 N–H and O–H groups in total. The molecule has 5 heteroatoms. The largest absolute Gasteiger partial charge is 0.454 e. The highest BCUT2D eigenvalue weighted by atomic mass is 79.9. The molecule has 0 aromatic heterocycles. The molecule has 2 aromatic carbocycles. The highest BCUT2D eigenvalue weighted by Crippen LogP contribution is 2.37. The number of carbonyl (C=O) groups excluding carboxylic acids is 1. The Labute approximate surface area is 131 Å². The zero-order valence-electron chi connectivity index (χ0n) is 11.6. The molecular formula is C16H15BrN2O2. The van der Waals surface area contributed by atoms with Gasteiger partial charge in [0, 0.05) is 18.2 Å². The third-order valence-electron chi connectivity index (χ3n) is 3.44. The number of nitrogens with two attached hydrogens (primary N) is 1. The van der Waals surface area contributed by atoms with Crippen LogP contribution in [0.2, 0.25) is 0 Å². The standard InChI is InChI=1S/C16H15BrN2O2/c1-9-2-4-14(11(17)6-9)21-15-8-13-10(7-12(15)18)3-5-16(20)19-13/h2,4,6-8H,3,5,18H2,1H3,(H,19,20). The Morgan fingerprint density at radius 2 is 2.00 bits per heavy atom. The second-order valence-electron chi connectivity index (χ2n) is 5.13. The molecule has 0 aliphatic carbocycles. The first-order chi connectivity index (χ1) is 10.0. The molecule has 0 fully saturated rings. The van der Waals surface area contributed by atoms with Crippen molar-refractivity contribution in [3.8, 4) is 11.5 Å². The van der Waals surface area contributed by atoms with Crippen LogP contribution < -0.4 is 15.8 Å². The third kappa shape index (κ3) is 2.88. The van der Waals surface area contributed by atoms with Crippen LogP contribution in [0.4, 0.5) is 11.4 Å². The number of hydrogen-bond donors (Lipinski definition) is 2. The molecule has 0 radical (unpaired) electrons. The highest BCUT2D eigenvalue weighted by molar-refractivity contribution is 9.10. The molecule has 1 heterocycles. The topological polar surface area (TPSA) is 64.3 Å². The van der Waals surface area contributed by atoms with Crippen molar-refractivity contribution in [3.05, 3.63) is 45.9 Å². The average molecular weight is 347 g/mol. The lowest BCUT2D eigenvalue weighted by molar-refractivity contribution is -0.116. The molecule has 1 aliphatic rings. The van der Waals surface area contributed by atoms with Crippen molar-refractivity contribution in [3.63, 3.8) is 0 Å². The first kappa shape index (κ1) is 13.9. The van der Waals surface area contributed by atoms with Gasteiger partial charge < -0.3 is 15.8 Å². The molecule has 0 unspecified atom stereocenters. The zero-order valence-corrected chi connectivity index (χ0v) is 13.2. The van der Waals surface area contributed by atoms with Crippen molar-refractivity contribution in [2.24, 2.45) is 0 Å². The maximum atomic E-state index is 11.5. The Bertz CT molecular complexity index is 728. The minimum atomic E-state index is 0.0229. The van der Waals surface area contributed by atoms with Crippen molar-refractivity contribution >= 4 is 33.2 Å². The number of fused-ring (bicyclic) bond motifs is 1. The summed E-state index contributed by atoms with van der Waals surface area (Å²) in [7, 11) is 0. The van der Waals surface area contributed by atoms with Crippen LogP contribution in [-0.4, -0.2) is 5.91 Å². The quantitative estimate of drug-likeness (QED) is 0.807. The van der Waals surface area contributed by atoms with Crippen molar-refractivity contribution in [1.29, 1.82) is 0 Å². The number of ether oxygens (including phenoxy) is 1. The fourth-order valence-corrected chi connectivity index (χ4v) is 2.90. The van der Waals surface area contributed by atoms with Gasteiger partial charge in [-0.1, -0.05) is 6.07 Å². The fraction of sp³-hybridized carbons (Fsp3) is 0.188.